The Morgan fingerprint density at radius 2 is 1.15 bits per heavy atom. The summed E-state index contributed by atoms with van der Waals surface area (Å²) in [6, 6.07) is 8.78. The molecule has 0 saturated carbocycles. The van der Waals surface area contributed by atoms with Gasteiger partial charge in [-0.1, -0.05) is 42.5 Å². The number of ether oxygens (including phenoxy) is 1. The average molecular weight is 784 g/mol. The Morgan fingerprint density at radius 1 is 0.673 bits per heavy atom. The van der Waals surface area contributed by atoms with Gasteiger partial charge in [0.15, 0.2) is 0 Å². The fourth-order valence-corrected chi connectivity index (χ4v) is 4.51. The maximum Gasteiger partial charge on any atom is 0.460 e. The Morgan fingerprint density at radius 3 is 1.67 bits per heavy atom. The number of rotatable bonds is 15. The zero-order valence-electron chi connectivity index (χ0n) is 25.2. The van der Waals surface area contributed by atoms with Crippen LogP contribution in [0, 0.1) is 0 Å². The summed E-state index contributed by atoms with van der Waals surface area (Å²) in [6.07, 6.45) is -11.9. The van der Waals surface area contributed by atoms with E-state index in [0.717, 1.165) is 24.3 Å². The van der Waals surface area contributed by atoms with Crippen molar-refractivity contribution in [1.29, 1.82) is 0 Å². The van der Waals surface area contributed by atoms with Crippen LogP contribution in [-0.4, -0.2) is 75.8 Å². The molecule has 0 aliphatic rings. The Labute approximate surface area is 278 Å². The summed E-state index contributed by atoms with van der Waals surface area (Å²) in [4.78, 5) is 26.8. The van der Waals surface area contributed by atoms with Crippen molar-refractivity contribution in [3.63, 3.8) is 0 Å². The second-order valence-electron chi connectivity index (χ2n) is 11.1. The Bertz CT molecular complexity index is 1740. The molecule has 0 aliphatic heterocycles. The van der Waals surface area contributed by atoms with Crippen molar-refractivity contribution in [1.82, 2.24) is 10.3 Å². The molecule has 2 aromatic carbocycles. The van der Waals surface area contributed by atoms with Gasteiger partial charge in [-0.05, 0) is 29.2 Å². The number of carbonyl (C=O) groups is 2. The third kappa shape index (κ3) is 7.26. The molecule has 23 heteroatoms. The van der Waals surface area contributed by atoms with Gasteiger partial charge in [-0.25, -0.2) is 9.59 Å². The fraction of sp³-hybridized carbons (Fsp3) is 0.448. The predicted octanol–water partition coefficient (Wildman–Crippen LogP) is 9.03. The Hall–Kier alpha value is -4.47. The average Bonchev–Trinajstić information content (AvgIpc) is 3.44. The number of amides is 1. The number of alkyl carbamates (subject to hydrolysis) is 1. The zero-order valence-corrected chi connectivity index (χ0v) is 25.2. The molecular formula is C29H21F17N2O4. The van der Waals surface area contributed by atoms with Crippen LogP contribution in [0.25, 0.3) is 10.9 Å². The van der Waals surface area contributed by atoms with Crippen LogP contribution in [-0.2, 0) is 29.0 Å². The summed E-state index contributed by atoms with van der Waals surface area (Å²) in [6.45, 7) is -0.646. The van der Waals surface area contributed by atoms with E-state index in [9.17, 15) is 89.3 Å². The number of alkyl halides is 17. The van der Waals surface area contributed by atoms with Crippen LogP contribution >= 0.6 is 0 Å². The smallest absolute Gasteiger partial charge is 0.460 e. The second-order valence-corrected chi connectivity index (χ2v) is 11.1. The molecule has 0 unspecified atom stereocenters. The third-order valence-electron chi connectivity index (χ3n) is 7.60. The van der Waals surface area contributed by atoms with Crippen LogP contribution in [0.15, 0.2) is 54.7 Å². The van der Waals surface area contributed by atoms with E-state index < -0.39 is 90.8 Å². The van der Waals surface area contributed by atoms with E-state index in [1.165, 1.54) is 6.20 Å². The van der Waals surface area contributed by atoms with E-state index in [1.807, 2.05) is 0 Å². The van der Waals surface area contributed by atoms with Gasteiger partial charge in [-0.2, -0.15) is 74.6 Å². The van der Waals surface area contributed by atoms with Crippen molar-refractivity contribution in [3.8, 4) is 0 Å². The number of aliphatic carboxylic acids is 1. The number of para-hydroxylation sites is 1. The number of aromatic amines is 1. The van der Waals surface area contributed by atoms with Crippen LogP contribution in [0.1, 0.15) is 23.1 Å². The lowest BCUT2D eigenvalue weighted by Gasteiger charge is -2.42. The standard InChI is InChI=1S/C29H21F17N2O4/c30-22(31,23(32,33)24(34,35)25(36,37)26(38,39)27(40,41)28(42,43)29(44,45)46)10-9-14-5-7-15(8-6-14)13-52-21(51)48-19(20(49)50)11-16-12-47-18-4-2-1-3-17(16)18/h1-8,12,19,47H,9-11,13H2,(H,48,51)(H,49,50)/t19-/m0/s1. The van der Waals surface area contributed by atoms with Gasteiger partial charge in [-0.15, -0.1) is 0 Å². The van der Waals surface area contributed by atoms with Crippen molar-refractivity contribution in [2.24, 2.45) is 0 Å². The highest BCUT2D eigenvalue weighted by atomic mass is 19.4. The van der Waals surface area contributed by atoms with Gasteiger partial charge in [0, 0.05) is 29.9 Å². The lowest BCUT2D eigenvalue weighted by Crippen LogP contribution is -2.74. The normalized spacial score (nSPS) is 14.7. The van der Waals surface area contributed by atoms with Gasteiger partial charge < -0.3 is 20.1 Å². The molecule has 0 radical (unpaired) electrons. The van der Waals surface area contributed by atoms with E-state index in [0.29, 0.717) is 16.5 Å². The van der Waals surface area contributed by atoms with Gasteiger partial charge in [-0.3, -0.25) is 0 Å². The van der Waals surface area contributed by atoms with Crippen LogP contribution in [0.5, 0.6) is 0 Å². The molecule has 3 rings (SSSR count). The van der Waals surface area contributed by atoms with E-state index in [4.69, 9.17) is 4.74 Å². The molecule has 6 nitrogen and oxygen atoms in total. The highest BCUT2D eigenvalue weighted by Gasteiger charge is 2.95. The highest BCUT2D eigenvalue weighted by molar-refractivity contribution is 5.85. The van der Waals surface area contributed by atoms with Gasteiger partial charge in [0.05, 0.1) is 0 Å². The van der Waals surface area contributed by atoms with Gasteiger partial charge in [0.1, 0.15) is 12.6 Å². The molecule has 0 bridgehead atoms. The number of hydrogen-bond donors (Lipinski definition) is 3. The lowest BCUT2D eigenvalue weighted by atomic mass is 9.87. The number of aryl methyl sites for hydroxylation is 1. The van der Waals surface area contributed by atoms with Crippen LogP contribution in [0.4, 0.5) is 79.4 Å². The SMILES string of the molecule is O=C(N[C@@H](Cc1c[nH]c2ccccc12)C(=O)O)OCc1ccc(CCC(F)(F)C(F)(F)C(F)(F)C(F)(F)C(F)(F)C(F)(F)C(F)(F)C(F)(F)F)cc1. The molecule has 1 amide bonds. The molecule has 0 spiro atoms. The van der Waals surface area contributed by atoms with E-state index in [-0.39, 0.29) is 12.0 Å². The minimum absolute atomic E-state index is 0.00415. The summed E-state index contributed by atoms with van der Waals surface area (Å²) in [7, 11) is 0. The lowest BCUT2D eigenvalue weighted by molar-refractivity contribution is -0.461. The number of fused-ring (bicyclic) bond motifs is 1. The van der Waals surface area contributed by atoms with E-state index in [2.05, 4.69) is 10.3 Å². The predicted molar refractivity (Wildman–Crippen MR) is 142 cm³/mol. The van der Waals surface area contributed by atoms with Crippen LogP contribution < -0.4 is 5.32 Å². The second kappa shape index (κ2) is 13.8. The first-order valence-corrected chi connectivity index (χ1v) is 14.0. The molecule has 0 aliphatic carbocycles. The molecule has 1 heterocycles. The number of benzene rings is 2. The number of carbonyl (C=O) groups excluding carboxylic acids is 1. The number of carboxylic acid groups (broad SMARTS) is 1. The number of hydrogen-bond acceptors (Lipinski definition) is 3. The third-order valence-corrected chi connectivity index (χ3v) is 7.60. The first-order valence-electron chi connectivity index (χ1n) is 14.0. The first-order chi connectivity index (χ1) is 23.5. The number of carboxylic acids is 1. The van der Waals surface area contributed by atoms with Crippen molar-refractivity contribution < 1.29 is 94.1 Å². The Kier molecular flexibility index (Phi) is 11.2. The molecule has 0 saturated heterocycles. The molecule has 3 N–H and O–H groups in total. The van der Waals surface area contributed by atoms with Gasteiger partial charge in [0.25, 0.3) is 0 Å². The fourth-order valence-electron chi connectivity index (χ4n) is 4.51. The van der Waals surface area contributed by atoms with Crippen molar-refractivity contribution >= 4 is 23.0 Å². The summed E-state index contributed by atoms with van der Waals surface area (Å²) in [5.74, 6) is -58.2. The summed E-state index contributed by atoms with van der Waals surface area (Å²) < 4.78 is 234. The molecule has 3 aromatic rings. The molecular weight excluding hydrogens is 763 g/mol. The number of aromatic nitrogens is 1. The topological polar surface area (TPSA) is 91.4 Å². The first kappa shape index (κ1) is 41.9. The van der Waals surface area contributed by atoms with Crippen LogP contribution in [0.2, 0.25) is 0 Å². The molecule has 290 valence electrons. The number of nitrogens with one attached hydrogen (secondary N) is 2. The van der Waals surface area contributed by atoms with Crippen LogP contribution in [0.3, 0.4) is 0 Å². The van der Waals surface area contributed by atoms with Crippen molar-refractivity contribution in [2.45, 2.75) is 79.5 Å². The van der Waals surface area contributed by atoms with E-state index >= 15 is 0 Å². The molecule has 0 fully saturated rings. The largest absolute Gasteiger partial charge is 0.480 e. The maximum absolute atomic E-state index is 14.2. The number of H-pyrrole nitrogens is 1. The maximum atomic E-state index is 14.2. The summed E-state index contributed by atoms with van der Waals surface area (Å²) in [5, 5.41) is 12.2. The quantitative estimate of drug-likeness (QED) is 0.134. The number of halogens is 17. The van der Waals surface area contributed by atoms with Crippen molar-refractivity contribution in [2.75, 3.05) is 0 Å². The minimum Gasteiger partial charge on any atom is -0.480 e. The zero-order chi connectivity index (χ0) is 39.9. The van der Waals surface area contributed by atoms with Gasteiger partial charge >= 0.3 is 59.7 Å². The summed E-state index contributed by atoms with van der Waals surface area (Å²) >= 11 is 0. The van der Waals surface area contributed by atoms with Crippen molar-refractivity contribution in [3.05, 3.63) is 71.4 Å². The minimum atomic E-state index is -8.69. The van der Waals surface area contributed by atoms with Gasteiger partial charge in [0.2, 0.25) is 0 Å². The molecule has 1 atom stereocenters. The molecule has 52 heavy (non-hydrogen) atoms. The summed E-state index contributed by atoms with van der Waals surface area (Å²) in [5.41, 5.74) is 0.703. The Balaban J connectivity index is 1.66. The highest BCUT2D eigenvalue weighted by Crippen LogP contribution is 2.64. The van der Waals surface area contributed by atoms with E-state index in [1.54, 1.807) is 24.3 Å². The monoisotopic (exact) mass is 784 g/mol. The molecule has 1 aromatic heterocycles.